The molecule has 3 heteroatoms. The Morgan fingerprint density at radius 2 is 1.75 bits per heavy atom. The molecule has 0 unspecified atom stereocenters. The predicted molar refractivity (Wildman–Crippen MR) is 62.7 cm³/mol. The fourth-order valence-electron chi connectivity index (χ4n) is 1.61. The van der Waals surface area contributed by atoms with Gasteiger partial charge in [-0.15, -0.1) is 0 Å². The van der Waals surface area contributed by atoms with E-state index in [2.05, 4.69) is 10.2 Å². The third-order valence-corrected chi connectivity index (χ3v) is 2.50. The van der Waals surface area contributed by atoms with Crippen LogP contribution < -0.4 is 0 Å². The monoisotopic (exact) mass is 218 g/mol. The van der Waals surface area contributed by atoms with E-state index in [0.29, 0.717) is 11.4 Å². The molecule has 0 aliphatic rings. The number of aromatic nitrogens is 2. The van der Waals surface area contributed by atoms with Gasteiger partial charge in [-0.25, -0.2) is 4.39 Å². The summed E-state index contributed by atoms with van der Waals surface area (Å²) in [5.74, 6) is -0.251. The molecule has 84 valence electrons. The molecule has 1 aromatic carbocycles. The minimum atomic E-state index is -0.260. The number of rotatable bonds is 1. The van der Waals surface area contributed by atoms with Crippen LogP contribution in [0.25, 0.3) is 11.3 Å². The van der Waals surface area contributed by atoms with Crippen molar-refractivity contribution in [1.82, 2.24) is 10.2 Å². The maximum atomic E-state index is 14.1. The van der Waals surface area contributed by atoms with E-state index in [9.17, 15) is 4.39 Å². The van der Waals surface area contributed by atoms with Gasteiger partial charge in [-0.2, -0.15) is 5.10 Å². The van der Waals surface area contributed by atoms with E-state index < -0.39 is 0 Å². The number of benzene rings is 1. The summed E-state index contributed by atoms with van der Waals surface area (Å²) in [7, 11) is 0. The quantitative estimate of drug-likeness (QED) is 0.779. The summed E-state index contributed by atoms with van der Waals surface area (Å²) in [6.45, 7) is 5.87. The SMILES string of the molecule is CC(C)(C)c1[nH]nc(-c2ccccc2)c1F. The lowest BCUT2D eigenvalue weighted by Crippen LogP contribution is -2.13. The molecule has 2 rings (SSSR count). The van der Waals surface area contributed by atoms with Crippen LogP contribution in [0.4, 0.5) is 4.39 Å². The number of hydrogen-bond donors (Lipinski definition) is 1. The highest BCUT2D eigenvalue weighted by atomic mass is 19.1. The maximum Gasteiger partial charge on any atom is 0.172 e. The zero-order chi connectivity index (χ0) is 11.8. The molecule has 1 aromatic heterocycles. The van der Waals surface area contributed by atoms with Crippen molar-refractivity contribution in [3.8, 4) is 11.3 Å². The number of halogens is 1. The van der Waals surface area contributed by atoms with Gasteiger partial charge in [0, 0.05) is 11.0 Å². The Hall–Kier alpha value is -1.64. The summed E-state index contributed by atoms with van der Waals surface area (Å²) in [4.78, 5) is 0. The van der Waals surface area contributed by atoms with Crippen molar-refractivity contribution in [3.05, 3.63) is 41.8 Å². The lowest BCUT2D eigenvalue weighted by Gasteiger charge is -2.15. The first kappa shape index (κ1) is 10.9. The Balaban J connectivity index is 2.50. The number of H-pyrrole nitrogens is 1. The number of aromatic amines is 1. The molecule has 0 aliphatic carbocycles. The summed E-state index contributed by atoms with van der Waals surface area (Å²) < 4.78 is 14.1. The van der Waals surface area contributed by atoms with Crippen LogP contribution in [0.15, 0.2) is 30.3 Å². The molecule has 0 amide bonds. The number of nitrogens with zero attached hydrogens (tertiary/aromatic N) is 1. The summed E-state index contributed by atoms with van der Waals surface area (Å²) in [5.41, 5.74) is 1.48. The minimum absolute atomic E-state index is 0.251. The molecule has 0 aliphatic heterocycles. The molecule has 2 aromatic rings. The van der Waals surface area contributed by atoms with E-state index >= 15 is 0 Å². The first-order chi connectivity index (χ1) is 7.50. The van der Waals surface area contributed by atoms with Gasteiger partial charge >= 0.3 is 0 Å². The van der Waals surface area contributed by atoms with Gasteiger partial charge in [0.2, 0.25) is 0 Å². The molecule has 0 radical (unpaired) electrons. The van der Waals surface area contributed by atoms with Gasteiger partial charge in [-0.1, -0.05) is 51.1 Å². The second kappa shape index (κ2) is 3.74. The van der Waals surface area contributed by atoms with Crippen molar-refractivity contribution in [1.29, 1.82) is 0 Å². The summed E-state index contributed by atoms with van der Waals surface area (Å²) in [6, 6.07) is 9.36. The second-order valence-corrected chi connectivity index (χ2v) is 4.88. The Labute approximate surface area is 94.5 Å². The highest BCUT2D eigenvalue weighted by Crippen LogP contribution is 2.29. The van der Waals surface area contributed by atoms with Crippen LogP contribution >= 0.6 is 0 Å². The van der Waals surface area contributed by atoms with Gasteiger partial charge in [0.15, 0.2) is 5.82 Å². The van der Waals surface area contributed by atoms with Crippen LogP contribution in [0.5, 0.6) is 0 Å². The normalized spacial score (nSPS) is 11.8. The fourth-order valence-corrected chi connectivity index (χ4v) is 1.61. The van der Waals surface area contributed by atoms with Crippen LogP contribution in [-0.2, 0) is 5.41 Å². The standard InChI is InChI=1S/C13H15FN2/c1-13(2,3)12-10(14)11(15-16-12)9-7-5-4-6-8-9/h4-8H,1-3H3,(H,15,16). The van der Waals surface area contributed by atoms with Crippen LogP contribution in [0, 0.1) is 5.82 Å². The van der Waals surface area contributed by atoms with Crippen molar-refractivity contribution in [3.63, 3.8) is 0 Å². The lowest BCUT2D eigenvalue weighted by molar-refractivity contribution is 0.512. The van der Waals surface area contributed by atoms with E-state index in [1.54, 1.807) is 0 Å². The van der Waals surface area contributed by atoms with Gasteiger partial charge in [0.05, 0.1) is 5.69 Å². The first-order valence-electron chi connectivity index (χ1n) is 5.30. The van der Waals surface area contributed by atoms with E-state index in [0.717, 1.165) is 5.56 Å². The largest absolute Gasteiger partial charge is 0.278 e. The molecular weight excluding hydrogens is 203 g/mol. The van der Waals surface area contributed by atoms with Crippen molar-refractivity contribution < 1.29 is 4.39 Å². The van der Waals surface area contributed by atoms with Crippen molar-refractivity contribution in [2.45, 2.75) is 26.2 Å². The zero-order valence-corrected chi connectivity index (χ0v) is 9.71. The van der Waals surface area contributed by atoms with Crippen LogP contribution in [0.1, 0.15) is 26.5 Å². The highest BCUT2D eigenvalue weighted by Gasteiger charge is 2.24. The second-order valence-electron chi connectivity index (χ2n) is 4.88. The van der Waals surface area contributed by atoms with Crippen LogP contribution in [0.2, 0.25) is 0 Å². The number of nitrogens with one attached hydrogen (secondary N) is 1. The van der Waals surface area contributed by atoms with Gasteiger partial charge in [0.1, 0.15) is 5.69 Å². The Morgan fingerprint density at radius 1 is 1.12 bits per heavy atom. The van der Waals surface area contributed by atoms with Gasteiger partial charge in [-0.05, 0) is 0 Å². The van der Waals surface area contributed by atoms with Crippen LogP contribution in [0.3, 0.4) is 0 Å². The van der Waals surface area contributed by atoms with E-state index in [4.69, 9.17) is 0 Å². The topological polar surface area (TPSA) is 28.7 Å². The fraction of sp³-hybridized carbons (Fsp3) is 0.308. The molecule has 16 heavy (non-hydrogen) atoms. The Morgan fingerprint density at radius 3 is 2.25 bits per heavy atom. The highest BCUT2D eigenvalue weighted by molar-refractivity contribution is 5.60. The molecular formula is C13H15FN2. The summed E-state index contributed by atoms with van der Waals surface area (Å²) >= 11 is 0. The van der Waals surface area contributed by atoms with Gasteiger partial charge in [-0.3, -0.25) is 5.10 Å². The lowest BCUT2D eigenvalue weighted by atomic mass is 9.91. The third-order valence-electron chi connectivity index (χ3n) is 2.50. The van der Waals surface area contributed by atoms with Crippen molar-refractivity contribution >= 4 is 0 Å². The molecule has 0 fully saturated rings. The molecule has 0 saturated carbocycles. The van der Waals surface area contributed by atoms with Crippen molar-refractivity contribution in [2.75, 3.05) is 0 Å². The van der Waals surface area contributed by atoms with E-state index in [1.807, 2.05) is 51.1 Å². The Bertz CT molecular complexity index is 480. The van der Waals surface area contributed by atoms with Crippen LogP contribution in [-0.4, -0.2) is 10.2 Å². The molecule has 1 N–H and O–H groups in total. The molecule has 0 bridgehead atoms. The van der Waals surface area contributed by atoms with Gasteiger partial charge < -0.3 is 0 Å². The average molecular weight is 218 g/mol. The minimum Gasteiger partial charge on any atom is -0.278 e. The van der Waals surface area contributed by atoms with E-state index in [-0.39, 0.29) is 11.2 Å². The molecule has 2 nitrogen and oxygen atoms in total. The maximum absolute atomic E-state index is 14.1. The molecule has 0 atom stereocenters. The number of hydrogen-bond acceptors (Lipinski definition) is 1. The summed E-state index contributed by atoms with van der Waals surface area (Å²) in [6.07, 6.45) is 0. The Kier molecular flexibility index (Phi) is 2.54. The third kappa shape index (κ3) is 1.85. The molecule has 0 spiro atoms. The smallest absolute Gasteiger partial charge is 0.172 e. The van der Waals surface area contributed by atoms with Crippen molar-refractivity contribution in [2.24, 2.45) is 0 Å². The average Bonchev–Trinajstić information content (AvgIpc) is 2.61. The zero-order valence-electron chi connectivity index (χ0n) is 9.71. The summed E-state index contributed by atoms with van der Waals surface area (Å²) in [5, 5.41) is 6.84. The first-order valence-corrected chi connectivity index (χ1v) is 5.30. The predicted octanol–water partition coefficient (Wildman–Crippen LogP) is 3.51. The van der Waals surface area contributed by atoms with E-state index in [1.165, 1.54) is 0 Å². The molecule has 1 heterocycles. The van der Waals surface area contributed by atoms with Gasteiger partial charge in [0.25, 0.3) is 0 Å². The molecule has 0 saturated heterocycles.